The van der Waals surface area contributed by atoms with Gasteiger partial charge in [-0.3, -0.25) is 0 Å². The number of H-pyrrole nitrogens is 1. The molecule has 0 bridgehead atoms. The van der Waals surface area contributed by atoms with E-state index in [0.717, 1.165) is 0 Å². The standard InChI is InChI=1S/C24H21N/c1-15-12-13-21-18(14-15)22-16-8-4-6-10-19(16)24(2,3)20-11-7-5-9-17(20)23(22)25-21/h4-14,25H,1-3H3. The smallest absolute Gasteiger partial charge is 0.0547 e. The van der Waals surface area contributed by atoms with E-state index in [2.05, 4.69) is 92.5 Å². The molecule has 3 aromatic carbocycles. The lowest BCUT2D eigenvalue weighted by Gasteiger charge is -2.28. The molecule has 1 N–H and O–H groups in total. The summed E-state index contributed by atoms with van der Waals surface area (Å²) in [6.07, 6.45) is 0. The van der Waals surface area contributed by atoms with Crippen LogP contribution in [0.4, 0.5) is 0 Å². The molecule has 0 atom stereocenters. The van der Waals surface area contributed by atoms with Crippen LogP contribution in [0.1, 0.15) is 30.5 Å². The quantitative estimate of drug-likeness (QED) is 0.383. The number of nitrogens with one attached hydrogen (secondary N) is 1. The second-order valence-electron chi connectivity index (χ2n) is 7.64. The van der Waals surface area contributed by atoms with Crippen LogP contribution in [0.15, 0.2) is 66.7 Å². The van der Waals surface area contributed by atoms with Crippen molar-refractivity contribution in [2.24, 2.45) is 0 Å². The number of rotatable bonds is 0. The minimum atomic E-state index is -0.0385. The van der Waals surface area contributed by atoms with Gasteiger partial charge in [-0.15, -0.1) is 0 Å². The van der Waals surface area contributed by atoms with Crippen LogP contribution in [0.5, 0.6) is 0 Å². The fourth-order valence-electron chi connectivity index (χ4n) is 4.42. The van der Waals surface area contributed by atoms with Crippen molar-refractivity contribution in [3.63, 3.8) is 0 Å². The van der Waals surface area contributed by atoms with Gasteiger partial charge in [0.15, 0.2) is 0 Å². The highest BCUT2D eigenvalue weighted by atomic mass is 14.7. The summed E-state index contributed by atoms with van der Waals surface area (Å²) in [6.45, 7) is 6.84. The molecule has 0 aliphatic heterocycles. The Morgan fingerprint density at radius 1 is 0.760 bits per heavy atom. The van der Waals surface area contributed by atoms with Gasteiger partial charge in [0.2, 0.25) is 0 Å². The molecule has 0 saturated heterocycles. The zero-order valence-electron chi connectivity index (χ0n) is 14.9. The topological polar surface area (TPSA) is 15.8 Å². The molecule has 1 aromatic heterocycles. The van der Waals surface area contributed by atoms with Crippen molar-refractivity contribution in [3.05, 3.63) is 83.4 Å². The van der Waals surface area contributed by atoms with Gasteiger partial charge >= 0.3 is 0 Å². The lowest BCUT2D eigenvalue weighted by atomic mass is 9.75. The molecule has 0 spiro atoms. The highest BCUT2D eigenvalue weighted by Gasteiger charge is 2.34. The lowest BCUT2D eigenvalue weighted by molar-refractivity contribution is 0.646. The summed E-state index contributed by atoms with van der Waals surface area (Å²) < 4.78 is 0. The fourth-order valence-corrected chi connectivity index (χ4v) is 4.42. The number of hydrogen-bond donors (Lipinski definition) is 1. The first-order chi connectivity index (χ1) is 12.1. The minimum Gasteiger partial charge on any atom is -0.354 e. The molecule has 25 heavy (non-hydrogen) atoms. The summed E-state index contributed by atoms with van der Waals surface area (Å²) in [5.74, 6) is 0. The maximum Gasteiger partial charge on any atom is 0.0547 e. The first-order valence-corrected chi connectivity index (χ1v) is 8.89. The maximum atomic E-state index is 3.72. The van der Waals surface area contributed by atoms with Crippen molar-refractivity contribution in [2.75, 3.05) is 0 Å². The summed E-state index contributed by atoms with van der Waals surface area (Å²) >= 11 is 0. The summed E-state index contributed by atoms with van der Waals surface area (Å²) in [5.41, 5.74) is 10.5. The van der Waals surface area contributed by atoms with Crippen LogP contribution in [-0.2, 0) is 5.41 Å². The van der Waals surface area contributed by atoms with Gasteiger partial charge in [-0.05, 0) is 35.7 Å². The molecular weight excluding hydrogens is 302 g/mol. The number of benzene rings is 3. The van der Waals surface area contributed by atoms with Gasteiger partial charge in [0.1, 0.15) is 0 Å². The Kier molecular flexibility index (Phi) is 2.82. The molecule has 1 nitrogen and oxygen atoms in total. The zero-order valence-corrected chi connectivity index (χ0v) is 14.9. The van der Waals surface area contributed by atoms with E-state index >= 15 is 0 Å². The van der Waals surface area contributed by atoms with Crippen LogP contribution in [0.2, 0.25) is 0 Å². The average Bonchev–Trinajstić information content (AvgIpc) is 2.96. The van der Waals surface area contributed by atoms with E-state index in [9.17, 15) is 0 Å². The van der Waals surface area contributed by atoms with E-state index in [-0.39, 0.29) is 5.41 Å². The maximum absolute atomic E-state index is 3.72. The van der Waals surface area contributed by atoms with Gasteiger partial charge in [-0.25, -0.2) is 0 Å². The molecule has 0 radical (unpaired) electrons. The van der Waals surface area contributed by atoms with E-state index in [1.807, 2.05) is 0 Å². The highest BCUT2D eigenvalue weighted by molar-refractivity contribution is 6.06. The average molecular weight is 323 g/mol. The minimum absolute atomic E-state index is 0.0385. The molecule has 1 aliphatic rings. The van der Waals surface area contributed by atoms with Gasteiger partial charge in [-0.2, -0.15) is 0 Å². The van der Waals surface area contributed by atoms with E-state index in [4.69, 9.17) is 0 Å². The van der Waals surface area contributed by atoms with Crippen LogP contribution < -0.4 is 0 Å². The lowest BCUT2D eigenvalue weighted by Crippen LogP contribution is -2.19. The van der Waals surface area contributed by atoms with Crippen LogP contribution in [0, 0.1) is 6.92 Å². The zero-order chi connectivity index (χ0) is 17.2. The molecule has 1 heteroatoms. The number of aromatic nitrogens is 1. The second kappa shape index (κ2) is 4.86. The summed E-state index contributed by atoms with van der Waals surface area (Å²) in [6, 6.07) is 24.4. The molecule has 122 valence electrons. The van der Waals surface area contributed by atoms with E-state index < -0.39 is 0 Å². The summed E-state index contributed by atoms with van der Waals surface area (Å²) in [7, 11) is 0. The van der Waals surface area contributed by atoms with Gasteiger partial charge in [0.05, 0.1) is 5.69 Å². The molecule has 0 amide bonds. The van der Waals surface area contributed by atoms with Crippen LogP contribution in [-0.4, -0.2) is 4.98 Å². The highest BCUT2D eigenvalue weighted by Crippen LogP contribution is 2.50. The molecule has 0 saturated carbocycles. The molecule has 1 aliphatic carbocycles. The number of fused-ring (bicyclic) bond motifs is 7. The van der Waals surface area contributed by atoms with Crippen molar-refractivity contribution in [2.45, 2.75) is 26.2 Å². The Hall–Kier alpha value is -2.80. The number of aromatic amines is 1. The Morgan fingerprint density at radius 3 is 2.16 bits per heavy atom. The normalized spacial score (nSPS) is 14.5. The van der Waals surface area contributed by atoms with Crippen LogP contribution >= 0.6 is 0 Å². The van der Waals surface area contributed by atoms with Gasteiger partial charge in [0, 0.05) is 27.4 Å². The van der Waals surface area contributed by atoms with Gasteiger partial charge in [-0.1, -0.05) is 74.0 Å². The number of hydrogen-bond acceptors (Lipinski definition) is 0. The fraction of sp³-hybridized carbons (Fsp3) is 0.167. The molecule has 0 fully saturated rings. The Morgan fingerprint density at radius 2 is 1.40 bits per heavy atom. The van der Waals surface area contributed by atoms with Crippen molar-refractivity contribution >= 4 is 10.9 Å². The second-order valence-corrected chi connectivity index (χ2v) is 7.64. The van der Waals surface area contributed by atoms with E-state index in [1.165, 1.54) is 50.0 Å². The third kappa shape index (κ3) is 1.90. The largest absolute Gasteiger partial charge is 0.354 e. The van der Waals surface area contributed by atoms with Crippen molar-refractivity contribution in [1.82, 2.24) is 4.98 Å². The van der Waals surface area contributed by atoms with E-state index in [0.29, 0.717) is 0 Å². The molecule has 4 aromatic rings. The monoisotopic (exact) mass is 323 g/mol. The Bertz CT molecular complexity index is 1130. The number of aryl methyl sites for hydroxylation is 1. The Balaban J connectivity index is 2.04. The third-order valence-corrected chi connectivity index (χ3v) is 5.69. The predicted octanol–water partition coefficient (Wildman–Crippen LogP) is 6.45. The SMILES string of the molecule is Cc1ccc2[nH]c3c(c2c1)-c1ccccc1C(C)(C)c1ccccc1-3. The third-order valence-electron chi connectivity index (χ3n) is 5.69. The molecule has 0 unspecified atom stereocenters. The molecule has 1 heterocycles. The molecule has 5 rings (SSSR count). The van der Waals surface area contributed by atoms with Gasteiger partial charge in [0.25, 0.3) is 0 Å². The van der Waals surface area contributed by atoms with Gasteiger partial charge < -0.3 is 4.98 Å². The van der Waals surface area contributed by atoms with Crippen molar-refractivity contribution in [1.29, 1.82) is 0 Å². The summed E-state index contributed by atoms with van der Waals surface area (Å²) in [4.78, 5) is 3.72. The van der Waals surface area contributed by atoms with Crippen molar-refractivity contribution < 1.29 is 0 Å². The van der Waals surface area contributed by atoms with Crippen LogP contribution in [0.25, 0.3) is 33.3 Å². The van der Waals surface area contributed by atoms with Crippen molar-refractivity contribution in [3.8, 4) is 22.4 Å². The van der Waals surface area contributed by atoms with Crippen LogP contribution in [0.3, 0.4) is 0 Å². The molecular formula is C24H21N. The predicted molar refractivity (Wildman–Crippen MR) is 106 cm³/mol. The first kappa shape index (κ1) is 14.5. The Labute approximate surface area is 148 Å². The first-order valence-electron chi connectivity index (χ1n) is 8.89. The summed E-state index contributed by atoms with van der Waals surface area (Å²) in [5, 5.41) is 1.31. The van der Waals surface area contributed by atoms with E-state index in [1.54, 1.807) is 0 Å².